The Morgan fingerprint density at radius 1 is 1.17 bits per heavy atom. The van der Waals surface area contributed by atoms with Gasteiger partial charge in [0, 0.05) is 25.6 Å². The summed E-state index contributed by atoms with van der Waals surface area (Å²) in [5.41, 5.74) is 8.00. The van der Waals surface area contributed by atoms with E-state index >= 15 is 0 Å². The molecule has 29 heavy (non-hydrogen) atoms. The molecule has 1 aromatic carbocycles. The molecule has 1 aliphatic heterocycles. The average Bonchev–Trinajstić information content (AvgIpc) is 3.02. The third-order valence-electron chi connectivity index (χ3n) is 6.24. The van der Waals surface area contributed by atoms with Crippen molar-refractivity contribution in [3.05, 3.63) is 41.5 Å². The second kappa shape index (κ2) is 9.38. The Hall–Kier alpha value is -1.75. The predicted octanol–water partition coefficient (Wildman–Crippen LogP) is 5.51. The number of likely N-dealkylation sites (tertiary alicyclic amines) is 1. The molecule has 3 rings (SSSR count). The minimum Gasteiger partial charge on any atom is -0.342 e. The minimum atomic E-state index is -2.40. The number of hydrogen-bond acceptors (Lipinski definition) is 2. The van der Waals surface area contributed by atoms with Crippen molar-refractivity contribution in [3.8, 4) is 0 Å². The number of benzene rings is 1. The third-order valence-corrected chi connectivity index (χ3v) is 6.24. The zero-order valence-electron chi connectivity index (χ0n) is 18.5. The summed E-state index contributed by atoms with van der Waals surface area (Å²) in [6.07, 6.45) is -0.964. The SMILES string of the molecule is CC.CC1(C(=O)N2CCC(N)C(C)(C)C2)CC(CC(F)F)=C(c2ccccc2)C1. The van der Waals surface area contributed by atoms with Gasteiger partial charge in [-0.3, -0.25) is 4.79 Å². The zero-order chi connectivity index (χ0) is 21.8. The van der Waals surface area contributed by atoms with Crippen molar-refractivity contribution in [1.82, 2.24) is 4.90 Å². The number of halogens is 2. The molecule has 0 aromatic heterocycles. The summed E-state index contributed by atoms with van der Waals surface area (Å²) in [6.45, 7) is 11.4. The Balaban J connectivity index is 0.00000145. The van der Waals surface area contributed by atoms with Gasteiger partial charge in [0.05, 0.1) is 5.41 Å². The van der Waals surface area contributed by atoms with Gasteiger partial charge < -0.3 is 10.6 Å². The van der Waals surface area contributed by atoms with E-state index in [0.717, 1.165) is 23.1 Å². The molecule has 1 saturated heterocycles. The minimum absolute atomic E-state index is 0.0696. The van der Waals surface area contributed by atoms with E-state index in [2.05, 4.69) is 13.8 Å². The maximum absolute atomic E-state index is 13.4. The Labute approximate surface area is 174 Å². The van der Waals surface area contributed by atoms with Crippen molar-refractivity contribution in [1.29, 1.82) is 0 Å². The molecule has 162 valence electrons. The normalized spacial score (nSPS) is 26.4. The highest BCUT2D eigenvalue weighted by Crippen LogP contribution is 2.49. The van der Waals surface area contributed by atoms with E-state index < -0.39 is 11.8 Å². The summed E-state index contributed by atoms with van der Waals surface area (Å²) in [7, 11) is 0. The summed E-state index contributed by atoms with van der Waals surface area (Å²) >= 11 is 0. The van der Waals surface area contributed by atoms with E-state index in [0.29, 0.717) is 25.9 Å². The Morgan fingerprint density at radius 3 is 2.34 bits per heavy atom. The molecule has 2 N–H and O–H groups in total. The lowest BCUT2D eigenvalue weighted by atomic mass is 9.77. The summed E-state index contributed by atoms with van der Waals surface area (Å²) in [5, 5.41) is 0. The van der Waals surface area contributed by atoms with Gasteiger partial charge in [-0.05, 0) is 35.8 Å². The van der Waals surface area contributed by atoms with Gasteiger partial charge in [-0.25, -0.2) is 8.78 Å². The highest BCUT2D eigenvalue weighted by atomic mass is 19.3. The van der Waals surface area contributed by atoms with Crippen LogP contribution in [0.4, 0.5) is 8.78 Å². The van der Waals surface area contributed by atoms with Gasteiger partial charge in [0.2, 0.25) is 12.3 Å². The maximum atomic E-state index is 13.4. The van der Waals surface area contributed by atoms with Gasteiger partial charge >= 0.3 is 0 Å². The summed E-state index contributed by atoms with van der Waals surface area (Å²) < 4.78 is 26.4. The molecule has 2 unspecified atom stereocenters. The molecule has 2 aliphatic rings. The molecule has 2 atom stereocenters. The van der Waals surface area contributed by atoms with Crippen LogP contribution < -0.4 is 5.73 Å². The van der Waals surface area contributed by atoms with Crippen LogP contribution in [-0.2, 0) is 4.79 Å². The van der Waals surface area contributed by atoms with Crippen molar-refractivity contribution < 1.29 is 13.6 Å². The van der Waals surface area contributed by atoms with Gasteiger partial charge in [-0.2, -0.15) is 0 Å². The first-order valence-electron chi connectivity index (χ1n) is 10.7. The average molecular weight is 407 g/mol. The number of hydrogen-bond donors (Lipinski definition) is 1. The molecule has 1 amide bonds. The quantitative estimate of drug-likeness (QED) is 0.717. The summed E-state index contributed by atoms with van der Waals surface area (Å²) in [6, 6.07) is 9.70. The molecule has 0 bridgehead atoms. The van der Waals surface area contributed by atoms with Gasteiger partial charge in [-0.1, -0.05) is 70.5 Å². The van der Waals surface area contributed by atoms with Crippen LogP contribution >= 0.6 is 0 Å². The van der Waals surface area contributed by atoms with Crippen molar-refractivity contribution in [2.45, 2.75) is 72.8 Å². The highest BCUT2D eigenvalue weighted by Gasteiger charge is 2.46. The van der Waals surface area contributed by atoms with E-state index in [1.54, 1.807) is 0 Å². The number of carbonyl (C=O) groups excluding carboxylic acids is 1. The Kier molecular flexibility index (Phi) is 7.61. The molecule has 3 nitrogen and oxygen atoms in total. The van der Waals surface area contributed by atoms with E-state index in [1.165, 1.54) is 0 Å². The lowest BCUT2D eigenvalue weighted by Gasteiger charge is -2.45. The number of nitrogens with zero attached hydrogens (tertiary/aromatic N) is 1. The molecule has 1 aliphatic carbocycles. The number of rotatable bonds is 4. The molecule has 5 heteroatoms. The van der Waals surface area contributed by atoms with Crippen LogP contribution in [0.25, 0.3) is 5.57 Å². The molecule has 1 fully saturated rings. The van der Waals surface area contributed by atoms with Crippen molar-refractivity contribution in [2.75, 3.05) is 13.1 Å². The third kappa shape index (κ3) is 5.25. The van der Waals surface area contributed by atoms with Gasteiger partial charge in [0.25, 0.3) is 0 Å². The van der Waals surface area contributed by atoms with Gasteiger partial charge in [0.15, 0.2) is 0 Å². The van der Waals surface area contributed by atoms with Crippen LogP contribution in [0.5, 0.6) is 0 Å². The monoisotopic (exact) mass is 406 g/mol. The lowest BCUT2D eigenvalue weighted by molar-refractivity contribution is -0.144. The van der Waals surface area contributed by atoms with E-state index in [-0.39, 0.29) is 23.8 Å². The second-order valence-corrected chi connectivity index (χ2v) is 9.07. The first-order chi connectivity index (χ1) is 13.6. The molecule has 1 heterocycles. The van der Waals surface area contributed by atoms with Crippen LogP contribution in [0.15, 0.2) is 35.9 Å². The number of amides is 1. The van der Waals surface area contributed by atoms with E-state index in [4.69, 9.17) is 5.73 Å². The number of piperidine rings is 1. The largest absolute Gasteiger partial charge is 0.342 e. The fraction of sp³-hybridized carbons (Fsp3) is 0.625. The van der Waals surface area contributed by atoms with Crippen molar-refractivity contribution in [2.24, 2.45) is 16.6 Å². The topological polar surface area (TPSA) is 46.3 Å². The van der Waals surface area contributed by atoms with Gasteiger partial charge in [0.1, 0.15) is 0 Å². The molecular weight excluding hydrogens is 370 g/mol. The van der Waals surface area contributed by atoms with E-state index in [9.17, 15) is 13.6 Å². The number of nitrogens with two attached hydrogens (primary N) is 1. The molecular formula is C24H36F2N2O. The standard InChI is InChI=1S/C22H30F2N2O.C2H6/c1-21(2)14-26(10-9-18(21)25)20(27)22(3)12-16(11-19(23)24)17(13-22)15-7-5-4-6-8-15;1-2/h4-8,18-19H,9-14,25H2,1-3H3;1-2H3. The van der Waals surface area contributed by atoms with Crippen LogP contribution in [0.1, 0.15) is 65.9 Å². The molecule has 1 aromatic rings. The number of allylic oxidation sites excluding steroid dienone is 2. The van der Waals surface area contributed by atoms with Crippen molar-refractivity contribution in [3.63, 3.8) is 0 Å². The van der Waals surface area contributed by atoms with E-state index in [1.807, 2.05) is 56.0 Å². The van der Waals surface area contributed by atoms with Crippen LogP contribution in [0.3, 0.4) is 0 Å². The van der Waals surface area contributed by atoms with Gasteiger partial charge in [-0.15, -0.1) is 0 Å². The summed E-state index contributed by atoms with van der Waals surface area (Å²) in [4.78, 5) is 15.3. The van der Waals surface area contributed by atoms with Crippen LogP contribution in [-0.4, -0.2) is 36.4 Å². The first-order valence-corrected chi connectivity index (χ1v) is 10.7. The zero-order valence-corrected chi connectivity index (χ0v) is 18.5. The lowest BCUT2D eigenvalue weighted by Crippen LogP contribution is -2.56. The fourth-order valence-corrected chi connectivity index (χ4v) is 4.56. The smallest absolute Gasteiger partial charge is 0.242 e. The number of alkyl halides is 2. The fourth-order valence-electron chi connectivity index (χ4n) is 4.56. The molecule has 0 spiro atoms. The van der Waals surface area contributed by atoms with Crippen molar-refractivity contribution >= 4 is 11.5 Å². The maximum Gasteiger partial charge on any atom is 0.242 e. The highest BCUT2D eigenvalue weighted by molar-refractivity contribution is 5.88. The van der Waals surface area contributed by atoms with Crippen LogP contribution in [0, 0.1) is 10.8 Å². The summed E-state index contributed by atoms with van der Waals surface area (Å²) in [5.74, 6) is 0.0696. The Bertz CT molecular complexity index is 730. The molecule has 0 saturated carbocycles. The Morgan fingerprint density at radius 2 is 1.79 bits per heavy atom. The molecule has 0 radical (unpaired) electrons. The second-order valence-electron chi connectivity index (χ2n) is 9.07. The number of carbonyl (C=O) groups is 1. The predicted molar refractivity (Wildman–Crippen MR) is 116 cm³/mol. The first kappa shape index (κ1) is 23.5. The van der Waals surface area contributed by atoms with Crippen LogP contribution in [0.2, 0.25) is 0 Å².